The topological polar surface area (TPSA) is 44.8 Å². The minimum Gasteiger partial charge on any atom is -0.817 e. The van der Waals surface area contributed by atoms with E-state index in [0.717, 1.165) is 15.8 Å². The molecule has 0 spiro atoms. The average molecular weight is 316 g/mol. The molecule has 0 unspecified atom stereocenters. The minimum absolute atomic E-state index is 0.297. The number of para-hydroxylation sites is 1. The Balaban J connectivity index is 2.04. The van der Waals surface area contributed by atoms with Crippen molar-refractivity contribution in [2.45, 2.75) is 0 Å². The van der Waals surface area contributed by atoms with Crippen molar-refractivity contribution < 1.29 is 9.67 Å². The van der Waals surface area contributed by atoms with E-state index >= 15 is 0 Å². The second kappa shape index (κ2) is 4.85. The van der Waals surface area contributed by atoms with Gasteiger partial charge in [0.2, 0.25) is 12.3 Å². The molecule has 0 saturated heterocycles. The van der Waals surface area contributed by atoms with Crippen molar-refractivity contribution in [2.75, 3.05) is 0 Å². The van der Waals surface area contributed by atoms with E-state index in [4.69, 9.17) is 0 Å². The first-order valence-electron chi connectivity index (χ1n) is 5.74. The van der Waals surface area contributed by atoms with Crippen molar-refractivity contribution >= 4 is 15.9 Å². The normalized spacial score (nSPS) is 10.6. The molecule has 3 rings (SSSR count). The zero-order valence-electron chi connectivity index (χ0n) is 9.90. The summed E-state index contributed by atoms with van der Waals surface area (Å²) in [7, 11) is 0. The van der Waals surface area contributed by atoms with Crippen LogP contribution in [0.1, 0.15) is 0 Å². The summed E-state index contributed by atoms with van der Waals surface area (Å²) in [6.07, 6.45) is 1.68. The summed E-state index contributed by atoms with van der Waals surface area (Å²) < 4.78 is 4.07. The molecule has 0 atom stereocenters. The van der Waals surface area contributed by atoms with E-state index in [1.807, 2.05) is 54.6 Å². The molecular formula is C14H10BrN3O. The van der Waals surface area contributed by atoms with Crippen molar-refractivity contribution in [3.8, 4) is 17.4 Å². The molecular weight excluding hydrogens is 306 g/mol. The molecule has 5 heteroatoms. The van der Waals surface area contributed by atoms with Gasteiger partial charge >= 0.3 is 0 Å². The van der Waals surface area contributed by atoms with Crippen LogP contribution in [-0.2, 0) is 0 Å². The van der Waals surface area contributed by atoms with E-state index in [2.05, 4.69) is 21.0 Å². The molecule has 2 aromatic carbocycles. The maximum atomic E-state index is 11.9. The van der Waals surface area contributed by atoms with E-state index in [1.165, 1.54) is 4.57 Å². The molecule has 0 aliphatic rings. The Kier molecular flexibility index (Phi) is 3.05. The van der Waals surface area contributed by atoms with Gasteiger partial charge in [-0.15, -0.1) is 0 Å². The lowest BCUT2D eigenvalue weighted by Crippen LogP contribution is -2.32. The smallest absolute Gasteiger partial charge is 0.250 e. The van der Waals surface area contributed by atoms with Crippen molar-refractivity contribution in [3.05, 3.63) is 65.4 Å². The summed E-state index contributed by atoms with van der Waals surface area (Å²) >= 11 is 3.38. The molecule has 3 aromatic rings. The molecule has 0 aliphatic carbocycles. The molecule has 1 heterocycles. The van der Waals surface area contributed by atoms with Crippen LogP contribution in [-0.4, -0.2) is 9.78 Å². The Labute approximate surface area is 118 Å². The molecule has 0 fully saturated rings. The van der Waals surface area contributed by atoms with Crippen LogP contribution < -0.4 is 9.67 Å². The van der Waals surface area contributed by atoms with E-state index in [1.54, 1.807) is 11.0 Å². The van der Waals surface area contributed by atoms with Gasteiger partial charge in [0.25, 0.3) is 0 Å². The number of hydrogen-bond donors (Lipinski definition) is 0. The lowest BCUT2D eigenvalue weighted by molar-refractivity contribution is -0.651. The first-order valence-corrected chi connectivity index (χ1v) is 6.53. The molecule has 0 amide bonds. The SMILES string of the molecule is [O-]c1nn(-c2ccc(Br)cc2)c[n+]1-c1ccccc1. The highest BCUT2D eigenvalue weighted by molar-refractivity contribution is 9.10. The third kappa shape index (κ3) is 2.37. The highest BCUT2D eigenvalue weighted by Gasteiger charge is 2.12. The molecule has 0 N–H and O–H groups in total. The fourth-order valence-corrected chi connectivity index (χ4v) is 2.07. The Morgan fingerprint density at radius 1 is 1.00 bits per heavy atom. The molecule has 19 heavy (non-hydrogen) atoms. The van der Waals surface area contributed by atoms with E-state index in [-0.39, 0.29) is 6.01 Å². The van der Waals surface area contributed by atoms with Crippen LogP contribution >= 0.6 is 15.9 Å². The molecule has 0 bridgehead atoms. The lowest BCUT2D eigenvalue weighted by atomic mass is 10.3. The zero-order chi connectivity index (χ0) is 13.2. The number of halogens is 1. The first kappa shape index (κ1) is 11.9. The van der Waals surface area contributed by atoms with Crippen LogP contribution in [0.5, 0.6) is 6.01 Å². The van der Waals surface area contributed by atoms with Gasteiger partial charge in [-0.3, -0.25) is 0 Å². The van der Waals surface area contributed by atoms with Crippen molar-refractivity contribution in [2.24, 2.45) is 0 Å². The van der Waals surface area contributed by atoms with Crippen molar-refractivity contribution in [1.29, 1.82) is 0 Å². The summed E-state index contributed by atoms with van der Waals surface area (Å²) in [5.41, 5.74) is 1.64. The quantitative estimate of drug-likeness (QED) is 0.679. The zero-order valence-corrected chi connectivity index (χ0v) is 11.5. The maximum absolute atomic E-state index is 11.9. The fraction of sp³-hybridized carbons (Fsp3) is 0. The Morgan fingerprint density at radius 3 is 2.37 bits per heavy atom. The van der Waals surface area contributed by atoms with Crippen LogP contribution in [0.15, 0.2) is 65.4 Å². The van der Waals surface area contributed by atoms with Gasteiger partial charge in [-0.1, -0.05) is 38.8 Å². The summed E-state index contributed by atoms with van der Waals surface area (Å²) in [5.74, 6) is 0. The Morgan fingerprint density at radius 2 is 1.68 bits per heavy atom. The number of rotatable bonds is 2. The van der Waals surface area contributed by atoms with Crippen LogP contribution in [0.4, 0.5) is 0 Å². The molecule has 94 valence electrons. The van der Waals surface area contributed by atoms with Crippen LogP contribution in [0.3, 0.4) is 0 Å². The van der Waals surface area contributed by atoms with Gasteiger partial charge in [-0.05, 0) is 36.4 Å². The monoisotopic (exact) mass is 315 g/mol. The van der Waals surface area contributed by atoms with E-state index < -0.39 is 0 Å². The predicted octanol–water partition coefficient (Wildman–Crippen LogP) is 1.99. The molecule has 0 saturated carbocycles. The third-order valence-corrected chi connectivity index (χ3v) is 3.28. The standard InChI is InChI=1S/C14H10BrN3O/c15-11-6-8-13(9-7-11)18-10-17(14(19)16-18)12-4-2-1-3-5-12/h1-10H. The second-order valence-electron chi connectivity index (χ2n) is 4.02. The number of hydrogen-bond acceptors (Lipinski definition) is 2. The Bertz CT molecular complexity index is 692. The first-order chi connectivity index (χ1) is 9.24. The van der Waals surface area contributed by atoms with Crippen LogP contribution in [0.2, 0.25) is 0 Å². The highest BCUT2D eigenvalue weighted by atomic mass is 79.9. The number of aromatic nitrogens is 3. The van der Waals surface area contributed by atoms with Crippen molar-refractivity contribution in [3.63, 3.8) is 0 Å². The van der Waals surface area contributed by atoms with Gasteiger partial charge in [-0.25, -0.2) is 4.57 Å². The van der Waals surface area contributed by atoms with Gasteiger partial charge in [0.15, 0.2) is 0 Å². The van der Waals surface area contributed by atoms with Crippen LogP contribution in [0.25, 0.3) is 11.4 Å². The van der Waals surface area contributed by atoms with E-state index in [0.29, 0.717) is 0 Å². The molecule has 4 nitrogen and oxygen atoms in total. The highest BCUT2D eigenvalue weighted by Crippen LogP contribution is 2.13. The van der Waals surface area contributed by atoms with Gasteiger partial charge in [0.05, 0.1) is 0 Å². The van der Waals surface area contributed by atoms with Gasteiger partial charge in [-0.2, -0.15) is 0 Å². The second-order valence-corrected chi connectivity index (χ2v) is 4.94. The lowest BCUT2D eigenvalue weighted by Gasteiger charge is -1.99. The van der Waals surface area contributed by atoms with Gasteiger partial charge < -0.3 is 5.11 Å². The Hall–Kier alpha value is -2.14. The van der Waals surface area contributed by atoms with Crippen LogP contribution in [0, 0.1) is 0 Å². The summed E-state index contributed by atoms with van der Waals surface area (Å²) in [6.45, 7) is 0. The molecule has 0 aliphatic heterocycles. The third-order valence-electron chi connectivity index (χ3n) is 2.75. The van der Waals surface area contributed by atoms with Gasteiger partial charge in [0, 0.05) is 9.57 Å². The largest absolute Gasteiger partial charge is 0.817 e. The fourth-order valence-electron chi connectivity index (χ4n) is 1.81. The van der Waals surface area contributed by atoms with Crippen molar-refractivity contribution in [1.82, 2.24) is 9.78 Å². The number of nitrogens with zero attached hydrogens (tertiary/aromatic N) is 3. The van der Waals surface area contributed by atoms with Gasteiger partial charge in [0.1, 0.15) is 11.4 Å². The minimum atomic E-state index is -0.297. The average Bonchev–Trinajstić information content (AvgIpc) is 2.83. The summed E-state index contributed by atoms with van der Waals surface area (Å²) in [6, 6.07) is 16.7. The summed E-state index contributed by atoms with van der Waals surface area (Å²) in [4.78, 5) is 0. The number of benzene rings is 2. The maximum Gasteiger partial charge on any atom is 0.250 e. The summed E-state index contributed by atoms with van der Waals surface area (Å²) in [5, 5.41) is 15.9. The van der Waals surface area contributed by atoms with E-state index in [9.17, 15) is 5.11 Å². The predicted molar refractivity (Wildman–Crippen MR) is 72.2 cm³/mol. The molecule has 1 aromatic heterocycles. The molecule has 0 radical (unpaired) electrons.